The smallest absolute Gasteiger partial charge is 0.320 e. The average molecular weight is 288 g/mol. The Morgan fingerprint density at radius 1 is 1.16 bits per heavy atom. The SMILES string of the molecule is CC1(C(=O)O)CCCN(C(=O)N2CCS(=O)CC2)C1. The summed E-state index contributed by atoms with van der Waals surface area (Å²) in [5.74, 6) is 0.204. The second kappa shape index (κ2) is 5.48. The van der Waals surface area contributed by atoms with Crippen molar-refractivity contribution in [3.05, 3.63) is 0 Å². The lowest BCUT2D eigenvalue weighted by Crippen LogP contribution is -2.54. The Hall–Kier alpha value is -1.11. The molecule has 1 N–H and O–H groups in total. The van der Waals surface area contributed by atoms with Gasteiger partial charge in [0.15, 0.2) is 0 Å². The third-order valence-corrected chi connectivity index (χ3v) is 5.21. The van der Waals surface area contributed by atoms with E-state index in [9.17, 15) is 18.9 Å². The van der Waals surface area contributed by atoms with Crippen LogP contribution in [0.4, 0.5) is 4.79 Å². The predicted molar refractivity (Wildman–Crippen MR) is 71.4 cm³/mol. The Morgan fingerprint density at radius 2 is 1.79 bits per heavy atom. The molecule has 2 aliphatic rings. The quantitative estimate of drug-likeness (QED) is 0.755. The summed E-state index contributed by atoms with van der Waals surface area (Å²) in [7, 11) is -0.812. The van der Waals surface area contributed by atoms with Crippen LogP contribution < -0.4 is 0 Å². The highest BCUT2D eigenvalue weighted by Crippen LogP contribution is 2.30. The number of likely N-dealkylation sites (tertiary alicyclic amines) is 1. The van der Waals surface area contributed by atoms with Crippen LogP contribution in [0.2, 0.25) is 0 Å². The molecule has 1 unspecified atom stereocenters. The Morgan fingerprint density at radius 3 is 2.37 bits per heavy atom. The van der Waals surface area contributed by atoms with E-state index in [2.05, 4.69) is 0 Å². The fourth-order valence-corrected chi connectivity index (χ4v) is 3.66. The molecule has 2 fully saturated rings. The number of carbonyl (C=O) groups excluding carboxylic acids is 1. The second-order valence-corrected chi connectivity index (χ2v) is 7.20. The molecular formula is C12H20N2O4S. The molecule has 2 heterocycles. The number of carbonyl (C=O) groups is 2. The summed E-state index contributed by atoms with van der Waals surface area (Å²) in [6.45, 7) is 3.58. The number of hydrogen-bond donors (Lipinski definition) is 1. The van der Waals surface area contributed by atoms with Crippen LogP contribution in [0.15, 0.2) is 0 Å². The summed E-state index contributed by atoms with van der Waals surface area (Å²) in [6.07, 6.45) is 1.32. The number of hydrogen-bond acceptors (Lipinski definition) is 3. The zero-order chi connectivity index (χ0) is 14.0. The van der Waals surface area contributed by atoms with E-state index >= 15 is 0 Å². The van der Waals surface area contributed by atoms with E-state index in [-0.39, 0.29) is 12.6 Å². The molecule has 0 aromatic rings. The first kappa shape index (κ1) is 14.3. The number of nitrogens with zero attached hydrogens (tertiary/aromatic N) is 2. The normalized spacial score (nSPS) is 29.3. The van der Waals surface area contributed by atoms with Crippen molar-refractivity contribution in [3.8, 4) is 0 Å². The van der Waals surface area contributed by atoms with Crippen molar-refractivity contribution in [2.45, 2.75) is 19.8 Å². The summed E-state index contributed by atoms with van der Waals surface area (Å²) < 4.78 is 11.3. The molecule has 0 radical (unpaired) electrons. The van der Waals surface area contributed by atoms with Gasteiger partial charge >= 0.3 is 12.0 Å². The summed E-state index contributed by atoms with van der Waals surface area (Å²) in [6, 6.07) is -0.108. The number of carboxylic acid groups (broad SMARTS) is 1. The standard InChI is InChI=1S/C12H20N2O4S/c1-12(10(15)16)3-2-4-14(9-12)11(17)13-5-7-19(18)8-6-13/h2-9H2,1H3,(H,15,16). The summed E-state index contributed by atoms with van der Waals surface area (Å²) in [5.41, 5.74) is -0.841. The van der Waals surface area contributed by atoms with Gasteiger partial charge in [-0.1, -0.05) is 0 Å². The first-order valence-corrected chi connectivity index (χ1v) is 8.03. The molecule has 2 rings (SSSR count). The van der Waals surface area contributed by atoms with Gasteiger partial charge in [0.05, 0.1) is 5.41 Å². The number of rotatable bonds is 1. The van der Waals surface area contributed by atoms with E-state index in [1.54, 1.807) is 16.7 Å². The molecule has 108 valence electrons. The lowest BCUT2D eigenvalue weighted by molar-refractivity contribution is -0.150. The van der Waals surface area contributed by atoms with Gasteiger partial charge in [-0.05, 0) is 19.8 Å². The van der Waals surface area contributed by atoms with Crippen LogP contribution in [0.25, 0.3) is 0 Å². The minimum Gasteiger partial charge on any atom is -0.481 e. The fraction of sp³-hybridized carbons (Fsp3) is 0.833. The van der Waals surface area contributed by atoms with Crippen LogP contribution in [0, 0.1) is 5.41 Å². The zero-order valence-corrected chi connectivity index (χ0v) is 11.9. The van der Waals surface area contributed by atoms with Crippen LogP contribution in [0.3, 0.4) is 0 Å². The van der Waals surface area contributed by atoms with Gasteiger partial charge in [0, 0.05) is 48.5 Å². The minimum absolute atomic E-state index is 0.108. The lowest BCUT2D eigenvalue weighted by Gasteiger charge is -2.40. The van der Waals surface area contributed by atoms with Crippen LogP contribution in [-0.2, 0) is 15.6 Å². The molecule has 7 heteroatoms. The number of urea groups is 1. The fourth-order valence-electron chi connectivity index (χ4n) is 2.61. The lowest BCUT2D eigenvalue weighted by atomic mass is 9.82. The molecule has 0 spiro atoms. The largest absolute Gasteiger partial charge is 0.481 e. The van der Waals surface area contributed by atoms with Crippen LogP contribution in [0.1, 0.15) is 19.8 Å². The van der Waals surface area contributed by atoms with Crippen molar-refractivity contribution >= 4 is 22.8 Å². The van der Waals surface area contributed by atoms with Crippen LogP contribution in [-0.4, -0.2) is 68.8 Å². The highest BCUT2D eigenvalue weighted by molar-refractivity contribution is 7.85. The van der Waals surface area contributed by atoms with Crippen molar-refractivity contribution in [2.24, 2.45) is 5.41 Å². The molecule has 0 aromatic heterocycles. The van der Waals surface area contributed by atoms with E-state index in [1.165, 1.54) is 0 Å². The summed E-state index contributed by atoms with van der Waals surface area (Å²) in [4.78, 5) is 26.9. The maximum atomic E-state index is 12.3. The van der Waals surface area contributed by atoms with E-state index < -0.39 is 22.2 Å². The van der Waals surface area contributed by atoms with Gasteiger partial charge in [-0.2, -0.15) is 0 Å². The van der Waals surface area contributed by atoms with Gasteiger partial charge < -0.3 is 14.9 Å². The first-order chi connectivity index (χ1) is 8.92. The predicted octanol–water partition coefficient (Wildman–Crippen LogP) is 0.357. The Kier molecular flexibility index (Phi) is 4.13. The molecular weight excluding hydrogens is 268 g/mol. The number of amides is 2. The van der Waals surface area contributed by atoms with Crippen molar-refractivity contribution in [1.82, 2.24) is 9.80 Å². The molecule has 19 heavy (non-hydrogen) atoms. The molecule has 0 aromatic carbocycles. The number of piperidine rings is 1. The van der Waals surface area contributed by atoms with Crippen LogP contribution in [0.5, 0.6) is 0 Å². The molecule has 0 aliphatic carbocycles. The monoisotopic (exact) mass is 288 g/mol. The third kappa shape index (κ3) is 3.08. The second-order valence-electron chi connectivity index (χ2n) is 5.51. The van der Waals surface area contributed by atoms with Crippen molar-refractivity contribution in [2.75, 3.05) is 37.7 Å². The molecule has 6 nitrogen and oxygen atoms in total. The van der Waals surface area contributed by atoms with Gasteiger partial charge in [0.2, 0.25) is 0 Å². The van der Waals surface area contributed by atoms with Gasteiger partial charge in [-0.15, -0.1) is 0 Å². The van der Waals surface area contributed by atoms with Gasteiger partial charge in [0.1, 0.15) is 0 Å². The minimum atomic E-state index is -0.843. The molecule has 2 aliphatic heterocycles. The van der Waals surface area contributed by atoms with E-state index in [4.69, 9.17) is 0 Å². The highest BCUT2D eigenvalue weighted by Gasteiger charge is 2.40. The van der Waals surface area contributed by atoms with Crippen molar-refractivity contribution in [3.63, 3.8) is 0 Å². The van der Waals surface area contributed by atoms with E-state index in [0.717, 1.165) is 0 Å². The Balaban J connectivity index is 1.99. The number of aliphatic carboxylic acids is 1. The molecule has 2 saturated heterocycles. The molecule has 0 bridgehead atoms. The van der Waals surface area contributed by atoms with E-state index in [0.29, 0.717) is 44.0 Å². The first-order valence-electron chi connectivity index (χ1n) is 6.55. The molecule has 2 amide bonds. The average Bonchev–Trinajstić information content (AvgIpc) is 2.39. The topological polar surface area (TPSA) is 77.9 Å². The van der Waals surface area contributed by atoms with E-state index in [1.807, 2.05) is 0 Å². The third-order valence-electron chi connectivity index (χ3n) is 3.93. The maximum absolute atomic E-state index is 12.3. The Labute approximate surface area is 115 Å². The van der Waals surface area contributed by atoms with Crippen LogP contribution >= 0.6 is 0 Å². The van der Waals surface area contributed by atoms with Gasteiger partial charge in [-0.25, -0.2) is 4.79 Å². The highest BCUT2D eigenvalue weighted by atomic mass is 32.2. The molecule has 0 saturated carbocycles. The van der Waals surface area contributed by atoms with Crippen molar-refractivity contribution < 1.29 is 18.9 Å². The zero-order valence-electron chi connectivity index (χ0n) is 11.1. The van der Waals surface area contributed by atoms with Crippen molar-refractivity contribution in [1.29, 1.82) is 0 Å². The summed E-state index contributed by atoms with van der Waals surface area (Å²) in [5, 5.41) is 9.25. The number of carboxylic acids is 1. The molecule has 1 atom stereocenters. The summed E-state index contributed by atoms with van der Waals surface area (Å²) >= 11 is 0. The maximum Gasteiger partial charge on any atom is 0.320 e. The van der Waals surface area contributed by atoms with Gasteiger partial charge in [-0.3, -0.25) is 9.00 Å². The van der Waals surface area contributed by atoms with Gasteiger partial charge in [0.25, 0.3) is 0 Å². The Bertz CT molecular complexity index is 405.